The van der Waals surface area contributed by atoms with Gasteiger partial charge in [0, 0.05) is 24.5 Å². The van der Waals surface area contributed by atoms with Crippen molar-refractivity contribution >= 4 is 17.2 Å². The van der Waals surface area contributed by atoms with Crippen molar-refractivity contribution in [3.8, 4) is 11.5 Å². The number of aromatic nitrogens is 2. The number of carbonyl (C=O) groups is 1. The SMILES string of the molecule is COc1ccc(CCC(=O)Nc2ccc3nccn3c2C)cc1OC. The number of nitrogens with one attached hydrogen (secondary N) is 1. The number of carbonyl (C=O) groups excluding carboxylic acids is 1. The van der Waals surface area contributed by atoms with Crippen LogP contribution in [0.1, 0.15) is 17.7 Å². The molecule has 0 bridgehead atoms. The molecule has 0 fully saturated rings. The number of hydrogen-bond donors (Lipinski definition) is 1. The summed E-state index contributed by atoms with van der Waals surface area (Å²) in [6.45, 7) is 1.96. The third kappa shape index (κ3) is 3.57. The van der Waals surface area contributed by atoms with E-state index in [2.05, 4.69) is 10.3 Å². The number of fused-ring (bicyclic) bond motifs is 1. The molecule has 2 aromatic heterocycles. The first-order chi connectivity index (χ1) is 12.1. The Labute approximate surface area is 146 Å². The third-order valence-electron chi connectivity index (χ3n) is 4.18. The smallest absolute Gasteiger partial charge is 0.224 e. The lowest BCUT2D eigenvalue weighted by atomic mass is 10.1. The molecule has 25 heavy (non-hydrogen) atoms. The second kappa shape index (κ2) is 7.25. The largest absolute Gasteiger partial charge is 0.493 e. The Kier molecular flexibility index (Phi) is 4.88. The standard InChI is InChI=1S/C19H21N3O3/c1-13-15(6-8-18-20-10-11-22(13)18)21-19(23)9-5-14-4-7-16(24-2)17(12-14)25-3/h4,6-8,10-12H,5,9H2,1-3H3,(H,21,23). The monoisotopic (exact) mass is 339 g/mol. The zero-order valence-corrected chi connectivity index (χ0v) is 14.6. The second-order valence-electron chi connectivity index (χ2n) is 5.73. The minimum atomic E-state index is -0.0302. The molecule has 0 atom stereocenters. The topological polar surface area (TPSA) is 64.9 Å². The Hall–Kier alpha value is -3.02. The summed E-state index contributed by atoms with van der Waals surface area (Å²) in [5.41, 5.74) is 3.63. The highest BCUT2D eigenvalue weighted by molar-refractivity contribution is 5.91. The van der Waals surface area contributed by atoms with Gasteiger partial charge < -0.3 is 19.2 Å². The molecule has 0 aliphatic heterocycles. The Morgan fingerprint density at radius 2 is 1.96 bits per heavy atom. The lowest BCUT2D eigenvalue weighted by Crippen LogP contribution is -2.14. The van der Waals surface area contributed by atoms with Gasteiger partial charge in [-0.15, -0.1) is 0 Å². The molecule has 6 heteroatoms. The maximum absolute atomic E-state index is 12.3. The molecule has 1 amide bonds. The van der Waals surface area contributed by atoms with Gasteiger partial charge in [-0.2, -0.15) is 0 Å². The van der Waals surface area contributed by atoms with E-state index in [0.717, 1.165) is 22.6 Å². The van der Waals surface area contributed by atoms with Crippen LogP contribution in [0.3, 0.4) is 0 Å². The van der Waals surface area contributed by atoms with Gasteiger partial charge in [-0.3, -0.25) is 4.79 Å². The molecule has 3 rings (SSSR count). The van der Waals surface area contributed by atoms with Crippen LogP contribution in [0.15, 0.2) is 42.7 Å². The number of methoxy groups -OCH3 is 2. The number of aryl methyl sites for hydroxylation is 2. The second-order valence-corrected chi connectivity index (χ2v) is 5.73. The van der Waals surface area contributed by atoms with Crippen LogP contribution in [-0.4, -0.2) is 29.5 Å². The molecule has 0 saturated heterocycles. The van der Waals surface area contributed by atoms with Crippen molar-refractivity contribution in [1.82, 2.24) is 9.38 Å². The fraction of sp³-hybridized carbons (Fsp3) is 0.263. The van der Waals surface area contributed by atoms with Crippen LogP contribution in [0.5, 0.6) is 11.5 Å². The zero-order chi connectivity index (χ0) is 17.8. The minimum absolute atomic E-state index is 0.0302. The molecule has 0 aliphatic carbocycles. The predicted molar refractivity (Wildman–Crippen MR) is 96.4 cm³/mol. The molecule has 1 aromatic carbocycles. The quantitative estimate of drug-likeness (QED) is 0.749. The number of amides is 1. The number of nitrogens with zero attached hydrogens (tertiary/aromatic N) is 2. The van der Waals surface area contributed by atoms with Crippen molar-refractivity contribution in [1.29, 1.82) is 0 Å². The van der Waals surface area contributed by atoms with Crippen LogP contribution in [0.25, 0.3) is 5.65 Å². The summed E-state index contributed by atoms with van der Waals surface area (Å²) < 4.78 is 12.5. The lowest BCUT2D eigenvalue weighted by Gasteiger charge is -2.11. The van der Waals surface area contributed by atoms with Gasteiger partial charge in [0.2, 0.25) is 5.91 Å². The van der Waals surface area contributed by atoms with E-state index in [1.807, 2.05) is 47.9 Å². The molecule has 3 aromatic rings. The molecule has 0 aliphatic rings. The average molecular weight is 339 g/mol. The summed E-state index contributed by atoms with van der Waals surface area (Å²) in [7, 11) is 3.20. The Morgan fingerprint density at radius 3 is 2.72 bits per heavy atom. The molecule has 6 nitrogen and oxygen atoms in total. The van der Waals surface area contributed by atoms with E-state index in [9.17, 15) is 4.79 Å². The maximum Gasteiger partial charge on any atom is 0.224 e. The number of ether oxygens (including phenoxy) is 2. The third-order valence-corrected chi connectivity index (χ3v) is 4.18. The van der Waals surface area contributed by atoms with E-state index in [1.54, 1.807) is 20.4 Å². The molecule has 0 spiro atoms. The average Bonchev–Trinajstić information content (AvgIpc) is 3.11. The summed E-state index contributed by atoms with van der Waals surface area (Å²) in [4.78, 5) is 16.5. The van der Waals surface area contributed by atoms with Crippen LogP contribution < -0.4 is 14.8 Å². The van der Waals surface area contributed by atoms with Crippen LogP contribution in [0, 0.1) is 6.92 Å². The van der Waals surface area contributed by atoms with Gasteiger partial charge in [-0.05, 0) is 43.2 Å². The van der Waals surface area contributed by atoms with Gasteiger partial charge in [-0.25, -0.2) is 4.98 Å². The molecule has 0 saturated carbocycles. The molecule has 130 valence electrons. The first-order valence-electron chi connectivity index (χ1n) is 8.06. The number of benzene rings is 1. The predicted octanol–water partition coefficient (Wildman–Crippen LogP) is 3.23. The fourth-order valence-electron chi connectivity index (χ4n) is 2.77. The van der Waals surface area contributed by atoms with Crippen molar-refractivity contribution in [2.75, 3.05) is 19.5 Å². The zero-order valence-electron chi connectivity index (χ0n) is 14.6. The maximum atomic E-state index is 12.3. The van der Waals surface area contributed by atoms with E-state index < -0.39 is 0 Å². The fourth-order valence-corrected chi connectivity index (χ4v) is 2.77. The highest BCUT2D eigenvalue weighted by Crippen LogP contribution is 2.28. The molecular formula is C19H21N3O3. The summed E-state index contributed by atoms with van der Waals surface area (Å²) in [5.74, 6) is 1.32. The van der Waals surface area contributed by atoms with E-state index in [1.165, 1.54) is 0 Å². The number of rotatable bonds is 6. The van der Waals surface area contributed by atoms with Crippen LogP contribution in [0.2, 0.25) is 0 Å². The van der Waals surface area contributed by atoms with Crippen molar-refractivity contribution in [3.63, 3.8) is 0 Å². The summed E-state index contributed by atoms with van der Waals surface area (Å²) in [6.07, 6.45) is 4.63. The summed E-state index contributed by atoms with van der Waals surface area (Å²) >= 11 is 0. The summed E-state index contributed by atoms with van der Waals surface area (Å²) in [5, 5.41) is 2.97. The van der Waals surface area contributed by atoms with Gasteiger partial charge in [0.25, 0.3) is 0 Å². The number of hydrogen-bond acceptors (Lipinski definition) is 4. The highest BCUT2D eigenvalue weighted by Gasteiger charge is 2.10. The van der Waals surface area contributed by atoms with Crippen molar-refractivity contribution < 1.29 is 14.3 Å². The van der Waals surface area contributed by atoms with E-state index in [4.69, 9.17) is 9.47 Å². The number of imidazole rings is 1. The first-order valence-corrected chi connectivity index (χ1v) is 8.06. The number of anilines is 1. The van der Waals surface area contributed by atoms with Gasteiger partial charge in [0.15, 0.2) is 11.5 Å². The first kappa shape index (κ1) is 16.8. The van der Waals surface area contributed by atoms with E-state index in [0.29, 0.717) is 24.3 Å². The van der Waals surface area contributed by atoms with Crippen molar-refractivity contribution in [3.05, 3.63) is 54.0 Å². The van der Waals surface area contributed by atoms with Gasteiger partial charge in [-0.1, -0.05) is 6.07 Å². The van der Waals surface area contributed by atoms with Crippen molar-refractivity contribution in [2.24, 2.45) is 0 Å². The van der Waals surface area contributed by atoms with E-state index >= 15 is 0 Å². The van der Waals surface area contributed by atoms with Crippen LogP contribution in [0.4, 0.5) is 5.69 Å². The van der Waals surface area contributed by atoms with Gasteiger partial charge in [0.1, 0.15) is 5.65 Å². The number of pyridine rings is 1. The molecular weight excluding hydrogens is 318 g/mol. The van der Waals surface area contributed by atoms with Crippen molar-refractivity contribution in [2.45, 2.75) is 19.8 Å². The van der Waals surface area contributed by atoms with E-state index in [-0.39, 0.29) is 5.91 Å². The highest BCUT2D eigenvalue weighted by atomic mass is 16.5. The normalized spacial score (nSPS) is 10.7. The van der Waals surface area contributed by atoms with Gasteiger partial charge in [0.05, 0.1) is 19.9 Å². The Bertz CT molecular complexity index is 902. The molecule has 2 heterocycles. The van der Waals surface area contributed by atoms with Crippen LogP contribution >= 0.6 is 0 Å². The molecule has 0 radical (unpaired) electrons. The Morgan fingerprint density at radius 1 is 1.16 bits per heavy atom. The minimum Gasteiger partial charge on any atom is -0.493 e. The lowest BCUT2D eigenvalue weighted by molar-refractivity contribution is -0.116. The van der Waals surface area contributed by atoms with Gasteiger partial charge >= 0.3 is 0 Å². The summed E-state index contributed by atoms with van der Waals surface area (Å²) in [6, 6.07) is 9.46. The molecule has 0 unspecified atom stereocenters. The molecule has 1 N–H and O–H groups in total. The Balaban J connectivity index is 1.65. The van der Waals surface area contributed by atoms with Crippen LogP contribution in [-0.2, 0) is 11.2 Å².